The Morgan fingerprint density at radius 1 is 1.24 bits per heavy atom. The highest BCUT2D eigenvalue weighted by Crippen LogP contribution is 2.41. The molecule has 0 aromatic carbocycles. The maximum absolute atomic E-state index is 12.2. The van der Waals surface area contributed by atoms with Crippen LogP contribution < -0.4 is 4.74 Å². The average molecular weight is 347 g/mol. The van der Waals surface area contributed by atoms with Gasteiger partial charge in [0.1, 0.15) is 5.60 Å². The molecule has 2 fully saturated rings. The molecule has 138 valence electrons. The van der Waals surface area contributed by atoms with E-state index in [0.717, 1.165) is 45.6 Å². The summed E-state index contributed by atoms with van der Waals surface area (Å²) in [5, 5.41) is 0. The van der Waals surface area contributed by atoms with E-state index in [2.05, 4.69) is 16.0 Å². The number of ether oxygens (including phenoxy) is 2. The quantitative estimate of drug-likeness (QED) is 0.841. The van der Waals surface area contributed by atoms with Gasteiger partial charge in [-0.2, -0.15) is 0 Å². The second kappa shape index (κ2) is 6.83. The van der Waals surface area contributed by atoms with Gasteiger partial charge in [0.25, 0.3) is 0 Å². The minimum Gasteiger partial charge on any atom is -0.481 e. The first-order valence-electron chi connectivity index (χ1n) is 8.98. The van der Waals surface area contributed by atoms with Gasteiger partial charge in [0.05, 0.1) is 7.11 Å². The molecule has 2 aliphatic rings. The van der Waals surface area contributed by atoms with E-state index in [1.54, 1.807) is 7.11 Å². The Hall–Kier alpha value is -1.82. The highest BCUT2D eigenvalue weighted by molar-refractivity contribution is 5.68. The molecule has 2 aliphatic heterocycles. The van der Waals surface area contributed by atoms with Crippen LogP contribution >= 0.6 is 0 Å². The number of amides is 1. The lowest BCUT2D eigenvalue weighted by molar-refractivity contribution is -0.0551. The van der Waals surface area contributed by atoms with E-state index in [4.69, 9.17) is 9.47 Å². The number of carbonyl (C=O) groups excluding carboxylic acids is 1. The van der Waals surface area contributed by atoms with Gasteiger partial charge in [-0.25, -0.2) is 9.78 Å². The number of hydrogen-bond donors (Lipinski definition) is 0. The molecule has 3 heterocycles. The SMILES string of the molecule is COc1ccc(CN2CC3(CCN(C(=O)OC(C)(C)C)CC3)C2)cn1. The molecule has 6 nitrogen and oxygen atoms in total. The molecular weight excluding hydrogens is 318 g/mol. The number of aromatic nitrogens is 1. The van der Waals surface area contributed by atoms with Gasteiger partial charge in [-0.15, -0.1) is 0 Å². The Morgan fingerprint density at radius 2 is 1.92 bits per heavy atom. The lowest BCUT2D eigenvalue weighted by Crippen LogP contribution is -2.60. The molecule has 0 saturated carbocycles. The number of carbonyl (C=O) groups is 1. The van der Waals surface area contributed by atoms with Gasteiger partial charge in [0.2, 0.25) is 5.88 Å². The normalized spacial score (nSPS) is 20.2. The Labute approximate surface area is 150 Å². The molecule has 1 aromatic heterocycles. The van der Waals surface area contributed by atoms with Crippen molar-refractivity contribution < 1.29 is 14.3 Å². The third-order valence-electron chi connectivity index (χ3n) is 5.01. The molecule has 6 heteroatoms. The predicted molar refractivity (Wildman–Crippen MR) is 95.5 cm³/mol. The monoisotopic (exact) mass is 347 g/mol. The molecule has 2 saturated heterocycles. The van der Waals surface area contributed by atoms with E-state index in [1.165, 1.54) is 5.56 Å². The third kappa shape index (κ3) is 4.42. The summed E-state index contributed by atoms with van der Waals surface area (Å²) in [6, 6.07) is 3.98. The highest BCUT2D eigenvalue weighted by Gasteiger charge is 2.45. The maximum atomic E-state index is 12.2. The lowest BCUT2D eigenvalue weighted by Gasteiger charge is -2.54. The highest BCUT2D eigenvalue weighted by atomic mass is 16.6. The predicted octanol–water partition coefficient (Wildman–Crippen LogP) is 2.92. The molecule has 1 amide bonds. The second-order valence-electron chi connectivity index (χ2n) is 8.32. The van der Waals surface area contributed by atoms with Crippen molar-refractivity contribution in [1.82, 2.24) is 14.8 Å². The first-order chi connectivity index (χ1) is 11.8. The number of piperidine rings is 1. The summed E-state index contributed by atoms with van der Waals surface area (Å²) in [5.41, 5.74) is 1.16. The molecule has 0 radical (unpaired) electrons. The van der Waals surface area contributed by atoms with Crippen molar-refractivity contribution in [2.24, 2.45) is 5.41 Å². The molecule has 0 N–H and O–H groups in total. The van der Waals surface area contributed by atoms with Crippen LogP contribution in [0.5, 0.6) is 5.88 Å². The van der Waals surface area contributed by atoms with Gasteiger partial charge < -0.3 is 14.4 Å². The van der Waals surface area contributed by atoms with Crippen molar-refractivity contribution >= 4 is 6.09 Å². The van der Waals surface area contributed by atoms with Crippen molar-refractivity contribution in [2.45, 2.75) is 45.8 Å². The molecule has 0 aliphatic carbocycles. The minimum atomic E-state index is -0.425. The summed E-state index contributed by atoms with van der Waals surface area (Å²) in [5.74, 6) is 0.651. The van der Waals surface area contributed by atoms with E-state index in [0.29, 0.717) is 11.3 Å². The number of likely N-dealkylation sites (tertiary alicyclic amines) is 2. The minimum absolute atomic E-state index is 0.178. The fourth-order valence-corrected chi connectivity index (χ4v) is 3.70. The standard InChI is InChI=1S/C19H29N3O3/c1-18(2,3)25-17(23)22-9-7-19(8-10-22)13-21(14-19)12-15-5-6-16(24-4)20-11-15/h5-6,11H,7-10,12-14H2,1-4H3. The van der Waals surface area contributed by atoms with Crippen LogP contribution in [0.2, 0.25) is 0 Å². The van der Waals surface area contributed by atoms with E-state index < -0.39 is 5.60 Å². The van der Waals surface area contributed by atoms with E-state index in [-0.39, 0.29) is 6.09 Å². The number of methoxy groups -OCH3 is 1. The molecule has 1 aromatic rings. The Kier molecular flexibility index (Phi) is 4.91. The molecule has 1 spiro atoms. The van der Waals surface area contributed by atoms with Crippen molar-refractivity contribution in [3.63, 3.8) is 0 Å². The fraction of sp³-hybridized carbons (Fsp3) is 0.684. The molecule has 0 atom stereocenters. The van der Waals surface area contributed by atoms with Crippen LogP contribution in [0.15, 0.2) is 18.3 Å². The second-order valence-corrected chi connectivity index (χ2v) is 8.32. The number of rotatable bonds is 3. The molecular formula is C19H29N3O3. The summed E-state index contributed by atoms with van der Waals surface area (Å²) in [6.07, 6.45) is 3.82. The van der Waals surface area contributed by atoms with Crippen LogP contribution in [0.1, 0.15) is 39.2 Å². The van der Waals surface area contributed by atoms with E-state index >= 15 is 0 Å². The smallest absolute Gasteiger partial charge is 0.410 e. The Bertz CT molecular complexity index is 593. The number of hydrogen-bond acceptors (Lipinski definition) is 5. The summed E-state index contributed by atoms with van der Waals surface area (Å²) in [7, 11) is 1.63. The van der Waals surface area contributed by atoms with Gasteiger partial charge in [-0.3, -0.25) is 4.90 Å². The maximum Gasteiger partial charge on any atom is 0.410 e. The third-order valence-corrected chi connectivity index (χ3v) is 5.01. The van der Waals surface area contributed by atoms with Crippen LogP contribution in [-0.2, 0) is 11.3 Å². The largest absolute Gasteiger partial charge is 0.481 e. The van der Waals surface area contributed by atoms with Crippen molar-refractivity contribution in [3.05, 3.63) is 23.9 Å². The van der Waals surface area contributed by atoms with Crippen LogP contribution in [0.4, 0.5) is 4.79 Å². The summed E-state index contributed by atoms with van der Waals surface area (Å²) < 4.78 is 10.6. The average Bonchev–Trinajstić information content (AvgIpc) is 2.53. The first kappa shape index (κ1) is 18.0. The lowest BCUT2D eigenvalue weighted by atomic mass is 9.72. The summed E-state index contributed by atoms with van der Waals surface area (Å²) in [4.78, 5) is 20.7. The van der Waals surface area contributed by atoms with E-state index in [1.807, 2.05) is 37.9 Å². The number of nitrogens with zero attached hydrogens (tertiary/aromatic N) is 3. The fourth-order valence-electron chi connectivity index (χ4n) is 3.70. The number of pyridine rings is 1. The van der Waals surface area contributed by atoms with Crippen LogP contribution in [0.25, 0.3) is 0 Å². The van der Waals surface area contributed by atoms with E-state index in [9.17, 15) is 4.79 Å². The van der Waals surface area contributed by atoms with Crippen LogP contribution in [0, 0.1) is 5.41 Å². The first-order valence-corrected chi connectivity index (χ1v) is 8.98. The zero-order chi connectivity index (χ0) is 18.1. The zero-order valence-corrected chi connectivity index (χ0v) is 15.7. The Balaban J connectivity index is 1.44. The van der Waals surface area contributed by atoms with Gasteiger partial charge >= 0.3 is 6.09 Å². The summed E-state index contributed by atoms with van der Waals surface area (Å²) in [6.45, 7) is 10.5. The van der Waals surface area contributed by atoms with Gasteiger partial charge in [-0.05, 0) is 44.6 Å². The Morgan fingerprint density at radius 3 is 2.44 bits per heavy atom. The van der Waals surface area contributed by atoms with Crippen LogP contribution in [-0.4, -0.2) is 59.8 Å². The van der Waals surface area contributed by atoms with Gasteiger partial charge in [-0.1, -0.05) is 6.07 Å². The zero-order valence-electron chi connectivity index (χ0n) is 15.7. The van der Waals surface area contributed by atoms with Crippen molar-refractivity contribution in [3.8, 4) is 5.88 Å². The molecule has 0 bridgehead atoms. The molecule has 25 heavy (non-hydrogen) atoms. The van der Waals surface area contributed by atoms with Crippen molar-refractivity contribution in [1.29, 1.82) is 0 Å². The molecule has 3 rings (SSSR count). The van der Waals surface area contributed by atoms with Crippen molar-refractivity contribution in [2.75, 3.05) is 33.3 Å². The van der Waals surface area contributed by atoms with Gasteiger partial charge in [0.15, 0.2) is 0 Å². The molecule has 0 unspecified atom stereocenters. The van der Waals surface area contributed by atoms with Gasteiger partial charge in [0, 0.05) is 45.0 Å². The summed E-state index contributed by atoms with van der Waals surface area (Å²) >= 11 is 0. The topological polar surface area (TPSA) is 54.9 Å². The van der Waals surface area contributed by atoms with Crippen LogP contribution in [0.3, 0.4) is 0 Å².